The molecule has 0 aromatic heterocycles. The van der Waals surface area contributed by atoms with Crippen molar-refractivity contribution in [3.63, 3.8) is 0 Å². The Morgan fingerprint density at radius 2 is 1.97 bits per heavy atom. The third kappa shape index (κ3) is 5.29. The zero-order valence-corrected chi connectivity index (χ0v) is 19.7. The van der Waals surface area contributed by atoms with Crippen LogP contribution >= 0.6 is 0 Å². The second-order valence-corrected chi connectivity index (χ2v) is 11.3. The number of fused-ring (bicyclic) bond motifs is 1. The third-order valence-electron chi connectivity index (χ3n) is 8.44. The standard InChI is InChI=1S/C27H44O3/c1-18(8-6-14-26(3,4)30)23-12-13-24-20(9-7-15-27(23,24)5)10-11-21-16-22(28)17-25(29)19(21)2/h10-11,18,22-25,28-30H,2,6-9,12-17H2,1,3-5H3/b20-10+,21-11+/t18-,22+,23-,24+,25-,27-/m0/s1. The Morgan fingerprint density at radius 3 is 2.67 bits per heavy atom. The topological polar surface area (TPSA) is 60.7 Å². The van der Waals surface area contributed by atoms with Crippen molar-refractivity contribution in [3.05, 3.63) is 35.5 Å². The molecule has 3 fully saturated rings. The number of hydrogen-bond donors (Lipinski definition) is 3. The van der Waals surface area contributed by atoms with Crippen LogP contribution in [0.4, 0.5) is 0 Å². The van der Waals surface area contributed by atoms with Crippen molar-refractivity contribution in [2.24, 2.45) is 23.2 Å². The van der Waals surface area contributed by atoms with Crippen molar-refractivity contribution >= 4 is 0 Å². The second-order valence-electron chi connectivity index (χ2n) is 11.3. The van der Waals surface area contributed by atoms with E-state index < -0.39 is 17.8 Å². The molecule has 0 aromatic rings. The molecule has 3 rings (SSSR count). The highest BCUT2D eigenvalue weighted by Gasteiger charge is 2.50. The van der Waals surface area contributed by atoms with Gasteiger partial charge in [-0.05, 0) is 93.1 Å². The first kappa shape index (κ1) is 23.8. The van der Waals surface area contributed by atoms with E-state index in [2.05, 4.69) is 32.6 Å². The summed E-state index contributed by atoms with van der Waals surface area (Å²) in [5.74, 6) is 2.11. The zero-order chi connectivity index (χ0) is 22.1. The van der Waals surface area contributed by atoms with E-state index in [4.69, 9.17) is 0 Å². The van der Waals surface area contributed by atoms with E-state index in [1.54, 1.807) is 5.57 Å². The van der Waals surface area contributed by atoms with Gasteiger partial charge in [0, 0.05) is 6.42 Å². The van der Waals surface area contributed by atoms with Crippen molar-refractivity contribution in [1.82, 2.24) is 0 Å². The quantitative estimate of drug-likeness (QED) is 0.520. The van der Waals surface area contributed by atoms with Crippen LogP contribution < -0.4 is 0 Å². The van der Waals surface area contributed by atoms with Crippen LogP contribution in [0.25, 0.3) is 0 Å². The second kappa shape index (κ2) is 9.30. The summed E-state index contributed by atoms with van der Waals surface area (Å²) in [7, 11) is 0. The smallest absolute Gasteiger partial charge is 0.0811 e. The van der Waals surface area contributed by atoms with Crippen LogP contribution in [-0.2, 0) is 0 Å². The van der Waals surface area contributed by atoms with Crippen molar-refractivity contribution in [3.8, 4) is 0 Å². The molecule has 3 nitrogen and oxygen atoms in total. The molecule has 0 aromatic carbocycles. The minimum absolute atomic E-state index is 0.374. The van der Waals surface area contributed by atoms with Crippen molar-refractivity contribution in [1.29, 1.82) is 0 Å². The highest BCUT2D eigenvalue weighted by atomic mass is 16.3. The van der Waals surface area contributed by atoms with Gasteiger partial charge in [-0.2, -0.15) is 0 Å². The van der Waals surface area contributed by atoms with Crippen LogP contribution in [0.5, 0.6) is 0 Å². The first-order chi connectivity index (χ1) is 14.0. The molecule has 0 aliphatic heterocycles. The molecule has 0 heterocycles. The maximum atomic E-state index is 10.1. The van der Waals surface area contributed by atoms with Crippen LogP contribution in [0.1, 0.15) is 91.9 Å². The highest BCUT2D eigenvalue weighted by Crippen LogP contribution is 2.60. The summed E-state index contributed by atoms with van der Waals surface area (Å²) in [5.41, 5.74) is 3.17. The van der Waals surface area contributed by atoms with E-state index in [1.807, 2.05) is 13.8 Å². The molecule has 3 aliphatic carbocycles. The summed E-state index contributed by atoms with van der Waals surface area (Å²) in [6.45, 7) is 12.8. The van der Waals surface area contributed by atoms with Crippen molar-refractivity contribution in [2.45, 2.75) is 110 Å². The Labute approximate surface area is 184 Å². The highest BCUT2D eigenvalue weighted by molar-refractivity contribution is 5.38. The molecular weight excluding hydrogens is 372 g/mol. The number of hydrogen-bond acceptors (Lipinski definition) is 3. The van der Waals surface area contributed by atoms with Crippen molar-refractivity contribution < 1.29 is 15.3 Å². The van der Waals surface area contributed by atoms with Gasteiger partial charge in [0.15, 0.2) is 0 Å². The molecule has 30 heavy (non-hydrogen) atoms. The maximum Gasteiger partial charge on any atom is 0.0811 e. The first-order valence-electron chi connectivity index (χ1n) is 12.2. The fourth-order valence-electron chi connectivity index (χ4n) is 6.74. The Morgan fingerprint density at radius 1 is 1.23 bits per heavy atom. The Balaban J connectivity index is 1.70. The molecule has 0 unspecified atom stereocenters. The first-order valence-corrected chi connectivity index (χ1v) is 12.2. The molecule has 0 spiro atoms. The minimum Gasteiger partial charge on any atom is -0.393 e. The molecule has 3 N–H and O–H groups in total. The predicted molar refractivity (Wildman–Crippen MR) is 124 cm³/mol. The largest absolute Gasteiger partial charge is 0.393 e. The van der Waals surface area contributed by atoms with Gasteiger partial charge in [-0.3, -0.25) is 0 Å². The lowest BCUT2D eigenvalue weighted by Crippen LogP contribution is -2.36. The molecular formula is C27H44O3. The lowest BCUT2D eigenvalue weighted by atomic mass is 9.60. The number of aliphatic hydroxyl groups is 3. The van der Waals surface area contributed by atoms with E-state index in [1.165, 1.54) is 38.5 Å². The lowest BCUT2D eigenvalue weighted by molar-refractivity contribution is 0.0596. The van der Waals surface area contributed by atoms with Gasteiger partial charge >= 0.3 is 0 Å². The molecule has 6 atom stereocenters. The van der Waals surface area contributed by atoms with Crippen LogP contribution in [-0.4, -0.2) is 33.1 Å². The summed E-state index contributed by atoms with van der Waals surface area (Å²) < 4.78 is 0. The van der Waals surface area contributed by atoms with Gasteiger partial charge in [-0.1, -0.05) is 51.0 Å². The zero-order valence-electron chi connectivity index (χ0n) is 19.7. The van der Waals surface area contributed by atoms with E-state index in [0.717, 1.165) is 29.9 Å². The summed E-state index contributed by atoms with van der Waals surface area (Å²) in [6.07, 6.45) is 13.9. The molecule has 0 amide bonds. The molecule has 0 bridgehead atoms. The van der Waals surface area contributed by atoms with Gasteiger partial charge in [-0.25, -0.2) is 0 Å². The number of allylic oxidation sites excluding steroid dienone is 3. The SMILES string of the molecule is C=C1/C(=C/C=C2\CCC[C@]3(C)[C@@H]2CC[C@H]3[C@@H](C)CCCC(C)(C)O)C[C@@H](O)C[C@@H]1O. The van der Waals surface area contributed by atoms with Crippen LogP contribution in [0.2, 0.25) is 0 Å². The van der Waals surface area contributed by atoms with E-state index in [-0.39, 0.29) is 0 Å². The van der Waals surface area contributed by atoms with Crippen molar-refractivity contribution in [2.75, 3.05) is 0 Å². The predicted octanol–water partition coefficient (Wildman–Crippen LogP) is 5.70. The van der Waals surface area contributed by atoms with Crippen LogP contribution in [0, 0.1) is 23.2 Å². The van der Waals surface area contributed by atoms with Gasteiger partial charge < -0.3 is 15.3 Å². The summed E-state index contributed by atoms with van der Waals surface area (Å²) >= 11 is 0. The van der Waals surface area contributed by atoms with Gasteiger partial charge in [0.25, 0.3) is 0 Å². The van der Waals surface area contributed by atoms with Gasteiger partial charge in [0.1, 0.15) is 0 Å². The molecule has 0 saturated heterocycles. The van der Waals surface area contributed by atoms with Gasteiger partial charge in [-0.15, -0.1) is 0 Å². The van der Waals surface area contributed by atoms with Crippen LogP contribution in [0.15, 0.2) is 35.5 Å². The minimum atomic E-state index is -0.615. The fourth-order valence-corrected chi connectivity index (χ4v) is 6.74. The Kier molecular flexibility index (Phi) is 7.37. The van der Waals surface area contributed by atoms with Crippen LogP contribution in [0.3, 0.4) is 0 Å². The third-order valence-corrected chi connectivity index (χ3v) is 8.44. The molecule has 0 radical (unpaired) electrons. The summed E-state index contributed by atoms with van der Waals surface area (Å²) in [6, 6.07) is 0. The normalized spacial score (nSPS) is 38.8. The Hall–Kier alpha value is -0.900. The lowest BCUT2D eigenvalue weighted by Gasteiger charge is -2.44. The number of rotatable bonds is 6. The molecule has 3 saturated carbocycles. The number of aliphatic hydroxyl groups excluding tert-OH is 2. The van der Waals surface area contributed by atoms with E-state index >= 15 is 0 Å². The summed E-state index contributed by atoms with van der Waals surface area (Å²) in [4.78, 5) is 0. The molecule has 3 aliphatic rings. The fraction of sp³-hybridized carbons (Fsp3) is 0.778. The molecule has 3 heteroatoms. The van der Waals surface area contributed by atoms with E-state index in [0.29, 0.717) is 30.1 Å². The van der Waals surface area contributed by atoms with E-state index in [9.17, 15) is 15.3 Å². The summed E-state index contributed by atoms with van der Waals surface area (Å²) in [5, 5.41) is 30.2. The van der Waals surface area contributed by atoms with Gasteiger partial charge in [0.2, 0.25) is 0 Å². The monoisotopic (exact) mass is 416 g/mol. The average Bonchev–Trinajstić information content (AvgIpc) is 3.00. The molecule has 170 valence electrons. The maximum absolute atomic E-state index is 10.1. The van der Waals surface area contributed by atoms with Gasteiger partial charge in [0.05, 0.1) is 17.8 Å². The average molecular weight is 417 g/mol. The Bertz CT molecular complexity index is 683.